The minimum absolute atomic E-state index is 0.0128. The molecule has 5 nitrogen and oxygen atoms in total. The standard InChI is InChI=1S/C14H12BrNO4/c1-2-19-10-4-3-5-11(7-10)20-13-12(14(17)18)6-9(15)8-16-13/h3-8H,2H2,1H3,(H,17,18). The Morgan fingerprint density at radius 1 is 1.35 bits per heavy atom. The molecule has 0 aliphatic heterocycles. The Morgan fingerprint density at radius 2 is 2.10 bits per heavy atom. The molecule has 2 aromatic rings. The van der Waals surface area contributed by atoms with Crippen LogP contribution < -0.4 is 9.47 Å². The molecule has 0 amide bonds. The van der Waals surface area contributed by atoms with E-state index in [1.807, 2.05) is 6.92 Å². The summed E-state index contributed by atoms with van der Waals surface area (Å²) in [7, 11) is 0. The third-order valence-corrected chi connectivity index (χ3v) is 2.81. The van der Waals surface area contributed by atoms with Crippen LogP contribution in [0.15, 0.2) is 41.0 Å². The van der Waals surface area contributed by atoms with Crippen molar-refractivity contribution in [3.05, 3.63) is 46.6 Å². The fourth-order valence-corrected chi connectivity index (χ4v) is 1.90. The molecular formula is C14H12BrNO4. The number of carboxylic acids is 1. The number of ether oxygens (including phenoxy) is 2. The van der Waals surface area contributed by atoms with Crippen LogP contribution in [0.5, 0.6) is 17.4 Å². The van der Waals surface area contributed by atoms with E-state index in [2.05, 4.69) is 20.9 Å². The predicted octanol–water partition coefficient (Wildman–Crippen LogP) is 3.73. The number of carbonyl (C=O) groups is 1. The van der Waals surface area contributed by atoms with Crippen molar-refractivity contribution in [1.82, 2.24) is 4.98 Å². The number of halogens is 1. The van der Waals surface area contributed by atoms with Crippen LogP contribution in [-0.2, 0) is 0 Å². The predicted molar refractivity (Wildman–Crippen MR) is 76.6 cm³/mol. The largest absolute Gasteiger partial charge is 0.494 e. The van der Waals surface area contributed by atoms with Gasteiger partial charge in [0.1, 0.15) is 17.1 Å². The Kier molecular flexibility index (Phi) is 4.57. The van der Waals surface area contributed by atoms with Crippen molar-refractivity contribution >= 4 is 21.9 Å². The number of hydrogen-bond acceptors (Lipinski definition) is 4. The maximum absolute atomic E-state index is 11.2. The molecule has 6 heteroatoms. The van der Waals surface area contributed by atoms with E-state index in [1.54, 1.807) is 24.3 Å². The Balaban J connectivity index is 2.30. The first-order valence-corrected chi connectivity index (χ1v) is 6.69. The van der Waals surface area contributed by atoms with Gasteiger partial charge >= 0.3 is 5.97 Å². The summed E-state index contributed by atoms with van der Waals surface area (Å²) in [5, 5.41) is 9.14. The average Bonchev–Trinajstić information content (AvgIpc) is 2.41. The first-order chi connectivity index (χ1) is 9.60. The second kappa shape index (κ2) is 6.38. The SMILES string of the molecule is CCOc1cccc(Oc2ncc(Br)cc2C(=O)O)c1. The number of carboxylic acid groups (broad SMARTS) is 1. The molecule has 0 aliphatic rings. The van der Waals surface area contributed by atoms with Crippen molar-refractivity contribution in [2.75, 3.05) is 6.61 Å². The van der Waals surface area contributed by atoms with Gasteiger partial charge in [0.15, 0.2) is 0 Å². The lowest BCUT2D eigenvalue weighted by atomic mass is 10.2. The Hall–Kier alpha value is -2.08. The highest BCUT2D eigenvalue weighted by molar-refractivity contribution is 9.10. The van der Waals surface area contributed by atoms with Gasteiger partial charge in [-0.2, -0.15) is 0 Å². The molecule has 2 rings (SSSR count). The summed E-state index contributed by atoms with van der Waals surface area (Å²) in [5.74, 6) is 0.0522. The van der Waals surface area contributed by atoms with E-state index in [1.165, 1.54) is 12.3 Å². The highest BCUT2D eigenvalue weighted by atomic mass is 79.9. The second-order valence-corrected chi connectivity index (χ2v) is 4.74. The number of aromatic carboxylic acids is 1. The van der Waals surface area contributed by atoms with Crippen molar-refractivity contribution in [3.63, 3.8) is 0 Å². The topological polar surface area (TPSA) is 68.7 Å². The van der Waals surface area contributed by atoms with Gasteiger partial charge in [0.05, 0.1) is 6.61 Å². The van der Waals surface area contributed by atoms with E-state index in [0.29, 0.717) is 22.6 Å². The number of benzene rings is 1. The summed E-state index contributed by atoms with van der Waals surface area (Å²) in [6, 6.07) is 8.39. The lowest BCUT2D eigenvalue weighted by Gasteiger charge is -2.09. The van der Waals surface area contributed by atoms with Gasteiger partial charge in [0.25, 0.3) is 0 Å². The smallest absolute Gasteiger partial charge is 0.341 e. The van der Waals surface area contributed by atoms with E-state index in [4.69, 9.17) is 14.6 Å². The van der Waals surface area contributed by atoms with Crippen molar-refractivity contribution in [2.45, 2.75) is 6.92 Å². The third kappa shape index (κ3) is 3.48. The molecule has 0 unspecified atom stereocenters. The summed E-state index contributed by atoms with van der Waals surface area (Å²) in [6.07, 6.45) is 1.48. The number of nitrogens with zero attached hydrogens (tertiary/aromatic N) is 1. The molecule has 0 bridgehead atoms. The van der Waals surface area contributed by atoms with Gasteiger partial charge in [-0.05, 0) is 41.1 Å². The maximum atomic E-state index is 11.2. The Bertz CT molecular complexity index is 630. The molecule has 0 spiro atoms. The van der Waals surface area contributed by atoms with E-state index >= 15 is 0 Å². The van der Waals surface area contributed by atoms with Gasteiger partial charge in [0, 0.05) is 16.7 Å². The zero-order chi connectivity index (χ0) is 14.5. The molecule has 0 fully saturated rings. The molecular weight excluding hydrogens is 326 g/mol. The summed E-state index contributed by atoms with van der Waals surface area (Å²) in [5.41, 5.74) is -0.0128. The number of rotatable bonds is 5. The van der Waals surface area contributed by atoms with Gasteiger partial charge in [0.2, 0.25) is 5.88 Å². The second-order valence-electron chi connectivity index (χ2n) is 3.82. The summed E-state index contributed by atoms with van der Waals surface area (Å²) >= 11 is 3.18. The molecule has 20 heavy (non-hydrogen) atoms. The summed E-state index contributed by atoms with van der Waals surface area (Å²) in [6.45, 7) is 2.42. The summed E-state index contributed by atoms with van der Waals surface area (Å²) < 4.78 is 11.5. The molecule has 1 heterocycles. The molecule has 1 aromatic heterocycles. The first kappa shape index (κ1) is 14.3. The highest BCUT2D eigenvalue weighted by Crippen LogP contribution is 2.27. The first-order valence-electron chi connectivity index (χ1n) is 5.89. The molecule has 0 aliphatic carbocycles. The quantitative estimate of drug-likeness (QED) is 0.900. The van der Waals surface area contributed by atoms with Gasteiger partial charge in [-0.1, -0.05) is 6.07 Å². The molecule has 1 aromatic carbocycles. The number of aromatic nitrogens is 1. The Labute approximate surface area is 124 Å². The lowest BCUT2D eigenvalue weighted by molar-refractivity contribution is 0.0693. The fraction of sp³-hybridized carbons (Fsp3) is 0.143. The zero-order valence-electron chi connectivity index (χ0n) is 10.7. The van der Waals surface area contributed by atoms with Crippen LogP contribution in [0.2, 0.25) is 0 Å². The van der Waals surface area contributed by atoms with Gasteiger partial charge in [-0.25, -0.2) is 9.78 Å². The molecule has 0 saturated heterocycles. The van der Waals surface area contributed by atoms with Gasteiger partial charge < -0.3 is 14.6 Å². The number of hydrogen-bond donors (Lipinski definition) is 1. The number of pyridine rings is 1. The van der Waals surface area contributed by atoms with Crippen molar-refractivity contribution in [3.8, 4) is 17.4 Å². The van der Waals surface area contributed by atoms with E-state index < -0.39 is 5.97 Å². The van der Waals surface area contributed by atoms with Crippen LogP contribution in [0, 0.1) is 0 Å². The van der Waals surface area contributed by atoms with Crippen molar-refractivity contribution in [2.24, 2.45) is 0 Å². The normalized spacial score (nSPS) is 10.1. The summed E-state index contributed by atoms with van der Waals surface area (Å²) in [4.78, 5) is 15.1. The molecule has 0 atom stereocenters. The monoisotopic (exact) mass is 337 g/mol. The maximum Gasteiger partial charge on any atom is 0.341 e. The molecule has 0 saturated carbocycles. The molecule has 104 valence electrons. The fourth-order valence-electron chi connectivity index (χ4n) is 1.57. The van der Waals surface area contributed by atoms with E-state index in [9.17, 15) is 4.79 Å². The Morgan fingerprint density at radius 3 is 2.80 bits per heavy atom. The van der Waals surface area contributed by atoms with Crippen LogP contribution in [0.3, 0.4) is 0 Å². The van der Waals surface area contributed by atoms with Crippen LogP contribution in [0.1, 0.15) is 17.3 Å². The van der Waals surface area contributed by atoms with Crippen molar-refractivity contribution in [1.29, 1.82) is 0 Å². The molecule has 1 N–H and O–H groups in total. The van der Waals surface area contributed by atoms with Crippen LogP contribution >= 0.6 is 15.9 Å². The lowest BCUT2D eigenvalue weighted by Crippen LogP contribution is -2.02. The van der Waals surface area contributed by atoms with Gasteiger partial charge in [-0.15, -0.1) is 0 Å². The van der Waals surface area contributed by atoms with Crippen LogP contribution in [0.4, 0.5) is 0 Å². The van der Waals surface area contributed by atoms with Crippen LogP contribution in [-0.4, -0.2) is 22.7 Å². The molecule has 0 radical (unpaired) electrons. The average molecular weight is 338 g/mol. The zero-order valence-corrected chi connectivity index (χ0v) is 12.3. The van der Waals surface area contributed by atoms with Crippen molar-refractivity contribution < 1.29 is 19.4 Å². The van der Waals surface area contributed by atoms with E-state index in [0.717, 1.165) is 0 Å². The third-order valence-electron chi connectivity index (χ3n) is 2.38. The highest BCUT2D eigenvalue weighted by Gasteiger charge is 2.14. The minimum Gasteiger partial charge on any atom is -0.494 e. The van der Waals surface area contributed by atoms with Crippen LogP contribution in [0.25, 0.3) is 0 Å². The van der Waals surface area contributed by atoms with Gasteiger partial charge in [-0.3, -0.25) is 0 Å². The minimum atomic E-state index is -1.10. The van der Waals surface area contributed by atoms with E-state index in [-0.39, 0.29) is 11.4 Å².